The van der Waals surface area contributed by atoms with Gasteiger partial charge in [0, 0.05) is 44.0 Å². The molecule has 1 aliphatic rings. The second kappa shape index (κ2) is 8.83. The molecule has 0 radical (unpaired) electrons. The highest BCUT2D eigenvalue weighted by atomic mass is 16.5. The predicted molar refractivity (Wildman–Crippen MR) is 116 cm³/mol. The first-order chi connectivity index (χ1) is 14.6. The van der Waals surface area contributed by atoms with E-state index in [1.165, 1.54) is 7.11 Å². The molecule has 2 heterocycles. The van der Waals surface area contributed by atoms with E-state index in [1.54, 1.807) is 12.1 Å². The van der Waals surface area contributed by atoms with Crippen molar-refractivity contribution in [2.45, 2.75) is 6.61 Å². The highest BCUT2D eigenvalue weighted by molar-refractivity contribution is 5.86. The normalized spacial score (nSPS) is 15.0. The number of aliphatic hydroxyl groups excluding tert-OH is 2. The van der Waals surface area contributed by atoms with Gasteiger partial charge in [-0.15, -0.1) is 0 Å². The Morgan fingerprint density at radius 1 is 1.10 bits per heavy atom. The van der Waals surface area contributed by atoms with Gasteiger partial charge in [0.05, 0.1) is 25.8 Å². The number of nitrogens with one attached hydrogen (secondary N) is 1. The van der Waals surface area contributed by atoms with E-state index < -0.39 is 0 Å². The van der Waals surface area contributed by atoms with Crippen molar-refractivity contribution in [1.29, 1.82) is 0 Å². The number of piperazine rings is 1. The molecule has 8 nitrogen and oxygen atoms in total. The number of aromatic amines is 1. The maximum absolute atomic E-state index is 12.7. The van der Waals surface area contributed by atoms with E-state index in [9.17, 15) is 9.90 Å². The fourth-order valence-corrected chi connectivity index (χ4v) is 3.88. The van der Waals surface area contributed by atoms with E-state index in [0.717, 1.165) is 44.0 Å². The zero-order chi connectivity index (χ0) is 21.1. The van der Waals surface area contributed by atoms with Gasteiger partial charge in [-0.05, 0) is 42.0 Å². The van der Waals surface area contributed by atoms with Crippen LogP contribution in [0.1, 0.15) is 5.56 Å². The average molecular weight is 410 g/mol. The molecule has 0 spiro atoms. The molecule has 0 aliphatic carbocycles. The van der Waals surface area contributed by atoms with Gasteiger partial charge < -0.3 is 24.8 Å². The Hall–Kier alpha value is -2.94. The van der Waals surface area contributed by atoms with Gasteiger partial charge in [-0.1, -0.05) is 0 Å². The Morgan fingerprint density at radius 3 is 2.47 bits per heavy atom. The van der Waals surface area contributed by atoms with Crippen molar-refractivity contribution in [1.82, 2.24) is 14.9 Å². The Bertz CT molecular complexity index is 1070. The molecular formula is C22H26N4O4. The minimum Gasteiger partial charge on any atom is -0.496 e. The Morgan fingerprint density at radius 2 is 1.83 bits per heavy atom. The lowest BCUT2D eigenvalue weighted by atomic mass is 10.1. The molecule has 1 aliphatic heterocycles. The molecule has 4 rings (SSSR count). The van der Waals surface area contributed by atoms with Crippen LogP contribution in [0.2, 0.25) is 0 Å². The van der Waals surface area contributed by atoms with Gasteiger partial charge in [-0.3, -0.25) is 9.69 Å². The zero-order valence-corrected chi connectivity index (χ0v) is 17.0. The van der Waals surface area contributed by atoms with Crippen LogP contribution < -0.4 is 15.2 Å². The third-order valence-electron chi connectivity index (χ3n) is 5.53. The summed E-state index contributed by atoms with van der Waals surface area (Å²) < 4.78 is 5.31. The summed E-state index contributed by atoms with van der Waals surface area (Å²) >= 11 is 0. The summed E-state index contributed by atoms with van der Waals surface area (Å²) in [6.45, 7) is 4.43. The van der Waals surface area contributed by atoms with Crippen molar-refractivity contribution < 1.29 is 14.9 Å². The molecule has 8 heteroatoms. The summed E-state index contributed by atoms with van der Waals surface area (Å²) in [6.07, 6.45) is 0. The molecule has 0 bridgehead atoms. The molecule has 0 unspecified atom stereocenters. The molecule has 1 aromatic heterocycles. The molecule has 1 fully saturated rings. The summed E-state index contributed by atoms with van der Waals surface area (Å²) in [7, 11) is 1.49. The van der Waals surface area contributed by atoms with Crippen molar-refractivity contribution in [3.05, 3.63) is 52.3 Å². The lowest BCUT2D eigenvalue weighted by Crippen LogP contribution is -2.47. The fourth-order valence-electron chi connectivity index (χ4n) is 3.88. The van der Waals surface area contributed by atoms with E-state index >= 15 is 0 Å². The van der Waals surface area contributed by atoms with Gasteiger partial charge in [-0.2, -0.15) is 0 Å². The maximum Gasteiger partial charge on any atom is 0.262 e. The summed E-state index contributed by atoms with van der Waals surface area (Å²) in [5.74, 6) is 0.872. The van der Waals surface area contributed by atoms with Crippen LogP contribution in [0.4, 0.5) is 5.69 Å². The largest absolute Gasteiger partial charge is 0.496 e. The van der Waals surface area contributed by atoms with Crippen LogP contribution in [0, 0.1) is 0 Å². The minimum atomic E-state index is -0.277. The Balaban J connectivity index is 1.61. The smallest absolute Gasteiger partial charge is 0.262 e. The van der Waals surface area contributed by atoms with Gasteiger partial charge in [0.1, 0.15) is 17.0 Å². The van der Waals surface area contributed by atoms with Crippen molar-refractivity contribution in [2.24, 2.45) is 0 Å². The number of benzene rings is 2. The maximum atomic E-state index is 12.7. The lowest BCUT2D eigenvalue weighted by molar-refractivity contribution is 0.189. The molecule has 3 N–H and O–H groups in total. The molecule has 0 atom stereocenters. The molecule has 30 heavy (non-hydrogen) atoms. The summed E-state index contributed by atoms with van der Waals surface area (Å²) in [6, 6.07) is 11.3. The second-order valence-corrected chi connectivity index (χ2v) is 7.36. The van der Waals surface area contributed by atoms with Crippen molar-refractivity contribution in [2.75, 3.05) is 51.3 Å². The molecule has 0 amide bonds. The van der Waals surface area contributed by atoms with Crippen LogP contribution in [-0.4, -0.2) is 71.5 Å². The first-order valence-electron chi connectivity index (χ1n) is 10.0. The van der Waals surface area contributed by atoms with Crippen molar-refractivity contribution in [3.63, 3.8) is 0 Å². The third kappa shape index (κ3) is 4.02. The van der Waals surface area contributed by atoms with Crippen LogP contribution in [-0.2, 0) is 6.61 Å². The van der Waals surface area contributed by atoms with Crippen LogP contribution in [0.15, 0.2) is 41.2 Å². The predicted octanol–water partition coefficient (Wildman–Crippen LogP) is 1.21. The molecule has 158 valence electrons. The summed E-state index contributed by atoms with van der Waals surface area (Å²) in [5.41, 5.74) is 2.78. The van der Waals surface area contributed by atoms with E-state index in [2.05, 4.69) is 19.8 Å². The number of methoxy groups -OCH3 is 1. The first kappa shape index (κ1) is 20.3. The van der Waals surface area contributed by atoms with E-state index in [-0.39, 0.29) is 18.8 Å². The van der Waals surface area contributed by atoms with E-state index in [1.807, 2.05) is 24.3 Å². The highest BCUT2D eigenvalue weighted by Gasteiger charge is 2.17. The fraction of sp³-hybridized carbons (Fsp3) is 0.364. The molecule has 3 aromatic rings. The van der Waals surface area contributed by atoms with Gasteiger partial charge >= 0.3 is 0 Å². The number of hydrogen-bond donors (Lipinski definition) is 3. The quantitative estimate of drug-likeness (QED) is 0.561. The number of H-pyrrole nitrogens is 1. The van der Waals surface area contributed by atoms with Crippen LogP contribution >= 0.6 is 0 Å². The number of aliphatic hydroxyl groups is 2. The van der Waals surface area contributed by atoms with E-state index in [4.69, 9.17) is 9.84 Å². The molecular weight excluding hydrogens is 384 g/mol. The monoisotopic (exact) mass is 410 g/mol. The van der Waals surface area contributed by atoms with Crippen LogP contribution in [0.3, 0.4) is 0 Å². The standard InChI is InChI=1S/C22H26N4O4/c1-30-19-13-15(14-28)12-18-20(19)22(29)24-21(23-18)16-2-4-17(5-3-16)26-8-6-25(7-9-26)10-11-27/h2-5,12-13,27-28H,6-11,14H2,1H3,(H,23,24,29). The number of aromatic nitrogens is 2. The van der Waals surface area contributed by atoms with Gasteiger partial charge in [0.25, 0.3) is 5.56 Å². The second-order valence-electron chi connectivity index (χ2n) is 7.36. The molecule has 1 saturated heterocycles. The number of fused-ring (bicyclic) bond motifs is 1. The summed E-state index contributed by atoms with van der Waals surface area (Å²) in [5, 5.41) is 18.9. The number of anilines is 1. The molecule has 2 aromatic carbocycles. The lowest BCUT2D eigenvalue weighted by Gasteiger charge is -2.35. The third-order valence-corrected chi connectivity index (χ3v) is 5.53. The van der Waals surface area contributed by atoms with Gasteiger partial charge in [0.2, 0.25) is 0 Å². The van der Waals surface area contributed by atoms with Gasteiger partial charge in [-0.25, -0.2) is 4.98 Å². The molecule has 0 saturated carbocycles. The zero-order valence-electron chi connectivity index (χ0n) is 17.0. The Kier molecular flexibility index (Phi) is 5.98. The average Bonchev–Trinajstić information content (AvgIpc) is 2.79. The number of β-amino-alcohol motifs (C(OH)–C–C–N with tert-alkyl or cyclic N) is 1. The van der Waals surface area contributed by atoms with Crippen molar-refractivity contribution in [3.8, 4) is 17.1 Å². The topological polar surface area (TPSA) is 102 Å². The number of nitrogens with zero attached hydrogens (tertiary/aromatic N) is 3. The number of ether oxygens (including phenoxy) is 1. The van der Waals surface area contributed by atoms with E-state index in [0.29, 0.717) is 28.0 Å². The number of rotatable bonds is 6. The Labute approximate surface area is 174 Å². The van der Waals surface area contributed by atoms with Crippen LogP contribution in [0.25, 0.3) is 22.3 Å². The minimum absolute atomic E-state index is 0.156. The SMILES string of the molecule is COc1cc(CO)cc2nc(-c3ccc(N4CCN(CCO)CC4)cc3)[nH]c(=O)c12. The van der Waals surface area contributed by atoms with Gasteiger partial charge in [0.15, 0.2) is 0 Å². The highest BCUT2D eigenvalue weighted by Crippen LogP contribution is 2.26. The summed E-state index contributed by atoms with van der Waals surface area (Å²) in [4.78, 5) is 24.7. The number of hydrogen-bond acceptors (Lipinski definition) is 7. The van der Waals surface area contributed by atoms with Crippen molar-refractivity contribution >= 4 is 16.6 Å². The van der Waals surface area contributed by atoms with Crippen LogP contribution in [0.5, 0.6) is 5.75 Å². The first-order valence-corrected chi connectivity index (χ1v) is 10.0.